The normalized spacial score (nSPS) is 16.8. The van der Waals surface area contributed by atoms with Crippen LogP contribution < -0.4 is 16.6 Å². The minimum absolute atomic E-state index is 0.0141. The summed E-state index contributed by atoms with van der Waals surface area (Å²) in [7, 11) is 0. The predicted octanol–water partition coefficient (Wildman–Crippen LogP) is 8.79. The number of unbranched alkanes of at least 4 members (excludes halogenated alkanes) is 14. The van der Waals surface area contributed by atoms with Crippen molar-refractivity contribution in [2.45, 2.75) is 167 Å². The van der Waals surface area contributed by atoms with Gasteiger partial charge in [-0.05, 0) is 24.3 Å². The number of aromatic amines is 1. The van der Waals surface area contributed by atoms with Gasteiger partial charge < -0.3 is 39.5 Å². The molecule has 0 bridgehead atoms. The molecule has 3 aromatic rings. The van der Waals surface area contributed by atoms with Crippen LogP contribution in [-0.4, -0.2) is 88.5 Å². The molecule has 1 saturated heterocycles. The third-order valence-corrected chi connectivity index (χ3v) is 11.4. The Morgan fingerprint density at radius 2 is 1.51 bits per heavy atom. The predicted molar refractivity (Wildman–Crippen MR) is 241 cm³/mol. The van der Waals surface area contributed by atoms with E-state index in [1.807, 2.05) is 30.3 Å². The summed E-state index contributed by atoms with van der Waals surface area (Å²) in [5, 5.41) is 2.57. The molecular weight excluding hydrogens is 844 g/mol. The summed E-state index contributed by atoms with van der Waals surface area (Å²) >= 11 is 0. The third kappa shape index (κ3) is 19.4. The molecule has 4 rings (SSSR count). The summed E-state index contributed by atoms with van der Waals surface area (Å²) in [5.41, 5.74) is 6.04. The van der Waals surface area contributed by atoms with Gasteiger partial charge in [0.15, 0.2) is 11.2 Å². The fourth-order valence-corrected chi connectivity index (χ4v) is 7.48. The second-order valence-electron chi connectivity index (χ2n) is 17.2. The number of hydrogen-bond donors (Lipinski definition) is 3. The number of nitrogens with two attached hydrogens (primary N) is 1. The summed E-state index contributed by atoms with van der Waals surface area (Å²) in [4.78, 5) is 73.8. The van der Waals surface area contributed by atoms with E-state index in [2.05, 4.69) is 27.2 Å². The van der Waals surface area contributed by atoms with Crippen LogP contribution in [0.25, 0.3) is 11.2 Å². The lowest BCUT2D eigenvalue weighted by atomic mass is 10.0. The monoisotopic (exact) mass is 915 g/mol. The zero-order valence-corrected chi connectivity index (χ0v) is 38.5. The molecule has 1 fully saturated rings. The maximum Gasteiger partial charge on any atom is 0.508 e. The van der Waals surface area contributed by atoms with Crippen molar-refractivity contribution in [2.75, 3.05) is 32.2 Å². The molecule has 0 saturated carbocycles. The number of fused-ring (bicyclic) bond motifs is 1. The van der Waals surface area contributed by atoms with E-state index in [0.717, 1.165) is 24.8 Å². The van der Waals surface area contributed by atoms with Gasteiger partial charge >= 0.3 is 24.2 Å². The molecule has 362 valence electrons. The van der Waals surface area contributed by atoms with Gasteiger partial charge in [0.2, 0.25) is 5.95 Å². The van der Waals surface area contributed by atoms with E-state index in [0.29, 0.717) is 6.42 Å². The number of amides is 1. The number of benzene rings is 1. The van der Waals surface area contributed by atoms with Crippen molar-refractivity contribution < 1.29 is 52.0 Å². The number of alkyl halides is 1. The first-order valence-corrected chi connectivity index (χ1v) is 23.6. The smallest absolute Gasteiger partial charge is 0.465 e. The number of carbonyl (C=O) groups excluding carboxylic acids is 4. The van der Waals surface area contributed by atoms with Gasteiger partial charge in [-0.25, -0.2) is 23.8 Å². The quantitative estimate of drug-likeness (QED) is 0.0312. The molecule has 1 amide bonds. The van der Waals surface area contributed by atoms with Gasteiger partial charge in [-0.3, -0.25) is 19.1 Å². The first kappa shape index (κ1) is 52.4. The molecule has 0 aliphatic carbocycles. The van der Waals surface area contributed by atoms with Crippen LogP contribution in [0.15, 0.2) is 41.5 Å². The number of imidazole rings is 1. The molecule has 18 heteroatoms. The molecule has 1 aliphatic rings. The summed E-state index contributed by atoms with van der Waals surface area (Å²) in [6.07, 6.45) is 14.3. The average Bonchev–Trinajstić information content (AvgIpc) is 3.89. The van der Waals surface area contributed by atoms with Crippen LogP contribution in [0.5, 0.6) is 0 Å². The number of rotatable bonds is 31. The SMILES string of the molecule is CCCCCCCCCCCCCCCCCC(=O)OCC(CCOC(=O)OC[C@H]1O[C@@H](n2cnc3c(=O)[nH]c(N)nc32)C[C@@H]1F)COC(=O)[C@@H](NC(=O)OCc1ccccc1)C(C)C. The Labute approximate surface area is 381 Å². The first-order valence-electron chi connectivity index (χ1n) is 23.6. The highest BCUT2D eigenvalue weighted by Crippen LogP contribution is 2.32. The Morgan fingerprint density at radius 1 is 0.877 bits per heavy atom. The van der Waals surface area contributed by atoms with E-state index < -0.39 is 60.8 Å². The fraction of sp³-hybridized carbons (Fsp3) is 0.681. The second-order valence-corrected chi connectivity index (χ2v) is 17.2. The summed E-state index contributed by atoms with van der Waals surface area (Å²) in [5.74, 6) is -2.16. The van der Waals surface area contributed by atoms with Crippen molar-refractivity contribution in [2.24, 2.45) is 11.8 Å². The van der Waals surface area contributed by atoms with Crippen LogP contribution >= 0.6 is 0 Å². The Morgan fingerprint density at radius 3 is 2.15 bits per heavy atom. The minimum Gasteiger partial charge on any atom is -0.465 e. The number of nitrogen functional groups attached to an aromatic ring is 1. The number of ether oxygens (including phenoxy) is 6. The number of nitrogens with zero attached hydrogens (tertiary/aromatic N) is 3. The van der Waals surface area contributed by atoms with E-state index in [9.17, 15) is 24.0 Å². The topological polar surface area (TPSA) is 225 Å². The molecule has 4 N–H and O–H groups in total. The minimum atomic E-state index is -1.53. The van der Waals surface area contributed by atoms with Crippen LogP contribution in [0, 0.1) is 11.8 Å². The maximum atomic E-state index is 15.0. The standard InChI is InChI=1S/C47H71FN6O11/c1-4-5-6-7-8-9-10-11-12-13-14-15-16-17-21-24-39(55)61-29-35(30-62-44(57)40(33(2)3)51-46(58)63-28-34-22-19-18-20-23-34)25-26-60-47(59)64-31-37-36(48)27-38(65-37)54-32-50-41-42(54)52-45(49)53-43(41)56/h18-20,22-23,32-33,35-38,40H,4-17,21,24-31H2,1-3H3,(H,51,58)(H3,49,52,53,56)/t35?,36-,37+,38+,40-/m0/s1. The number of hydrogen-bond acceptors (Lipinski definition) is 14. The van der Waals surface area contributed by atoms with Crippen molar-refractivity contribution >= 4 is 41.3 Å². The molecule has 65 heavy (non-hydrogen) atoms. The van der Waals surface area contributed by atoms with E-state index in [1.54, 1.807) is 13.8 Å². The van der Waals surface area contributed by atoms with Crippen LogP contribution in [0.3, 0.4) is 0 Å². The lowest BCUT2D eigenvalue weighted by Crippen LogP contribution is -2.46. The van der Waals surface area contributed by atoms with Crippen molar-refractivity contribution in [1.82, 2.24) is 24.8 Å². The molecule has 5 atom stereocenters. The van der Waals surface area contributed by atoms with Gasteiger partial charge in [-0.1, -0.05) is 141 Å². The second kappa shape index (κ2) is 29.3. The zero-order chi connectivity index (χ0) is 46.8. The Hall–Kier alpha value is -5.26. The molecule has 1 aliphatic heterocycles. The summed E-state index contributed by atoms with van der Waals surface area (Å²) in [6, 6.07) is 8.08. The van der Waals surface area contributed by atoms with Crippen molar-refractivity contribution in [1.29, 1.82) is 0 Å². The van der Waals surface area contributed by atoms with Crippen LogP contribution in [0.1, 0.15) is 148 Å². The Bertz CT molecular complexity index is 1930. The molecule has 0 radical (unpaired) electrons. The maximum absolute atomic E-state index is 15.0. The number of nitrogens with one attached hydrogen (secondary N) is 2. The Balaban J connectivity index is 1.19. The highest BCUT2D eigenvalue weighted by molar-refractivity contribution is 5.81. The zero-order valence-electron chi connectivity index (χ0n) is 38.5. The van der Waals surface area contributed by atoms with Crippen LogP contribution in [0.4, 0.5) is 19.9 Å². The third-order valence-electron chi connectivity index (χ3n) is 11.4. The average molecular weight is 915 g/mol. The number of esters is 2. The lowest BCUT2D eigenvalue weighted by molar-refractivity contribution is -0.151. The molecular formula is C47H71FN6O11. The van der Waals surface area contributed by atoms with Crippen molar-refractivity contribution in [3.63, 3.8) is 0 Å². The van der Waals surface area contributed by atoms with Gasteiger partial charge in [0, 0.05) is 18.8 Å². The molecule has 3 heterocycles. The fourth-order valence-electron chi connectivity index (χ4n) is 7.48. The number of anilines is 1. The number of carbonyl (C=O) groups is 4. The molecule has 17 nitrogen and oxygen atoms in total. The molecule has 0 spiro atoms. The highest BCUT2D eigenvalue weighted by Gasteiger charge is 2.38. The van der Waals surface area contributed by atoms with Gasteiger partial charge in [-0.2, -0.15) is 4.98 Å². The lowest BCUT2D eigenvalue weighted by Gasteiger charge is -2.23. The van der Waals surface area contributed by atoms with E-state index >= 15 is 4.39 Å². The van der Waals surface area contributed by atoms with Crippen molar-refractivity contribution in [3.8, 4) is 0 Å². The van der Waals surface area contributed by atoms with Gasteiger partial charge in [-0.15, -0.1) is 0 Å². The number of halogens is 1. The van der Waals surface area contributed by atoms with Gasteiger partial charge in [0.25, 0.3) is 5.56 Å². The van der Waals surface area contributed by atoms with Gasteiger partial charge in [0.1, 0.15) is 37.8 Å². The van der Waals surface area contributed by atoms with Gasteiger partial charge in [0.05, 0.1) is 26.1 Å². The summed E-state index contributed by atoms with van der Waals surface area (Å²) < 4.78 is 49.1. The number of alkyl carbamates (subject to hydrolysis) is 1. The number of aromatic nitrogens is 4. The number of H-pyrrole nitrogens is 1. The summed E-state index contributed by atoms with van der Waals surface area (Å²) in [6.45, 7) is 4.77. The van der Waals surface area contributed by atoms with Crippen LogP contribution in [0.2, 0.25) is 0 Å². The molecule has 1 unspecified atom stereocenters. The molecule has 2 aromatic heterocycles. The van der Waals surface area contributed by atoms with E-state index in [1.165, 1.54) is 81.5 Å². The Kier molecular flexibility index (Phi) is 23.6. The van der Waals surface area contributed by atoms with Crippen LogP contribution in [-0.2, 0) is 44.6 Å². The molecule has 1 aromatic carbocycles. The highest BCUT2D eigenvalue weighted by atomic mass is 19.1. The van der Waals surface area contributed by atoms with E-state index in [4.69, 9.17) is 34.2 Å². The van der Waals surface area contributed by atoms with Crippen molar-refractivity contribution in [3.05, 3.63) is 52.6 Å². The first-order chi connectivity index (χ1) is 31.4. The van der Waals surface area contributed by atoms with E-state index in [-0.39, 0.29) is 74.7 Å². The largest absolute Gasteiger partial charge is 0.508 e.